The van der Waals surface area contributed by atoms with Gasteiger partial charge in [-0.2, -0.15) is 0 Å². The Morgan fingerprint density at radius 1 is 1.41 bits per heavy atom. The number of ketones is 2. The second kappa shape index (κ2) is 5.94. The van der Waals surface area contributed by atoms with Gasteiger partial charge in [0, 0.05) is 12.8 Å². The fourth-order valence-electron chi connectivity index (χ4n) is 2.42. The number of rotatable bonds is 6. The predicted molar refractivity (Wildman–Crippen MR) is 62.5 cm³/mol. The van der Waals surface area contributed by atoms with Crippen molar-refractivity contribution in [3.63, 3.8) is 0 Å². The zero-order valence-corrected chi connectivity index (χ0v) is 10.6. The van der Waals surface area contributed by atoms with Gasteiger partial charge in [-0.15, -0.1) is 0 Å². The van der Waals surface area contributed by atoms with Crippen LogP contribution in [0.5, 0.6) is 0 Å². The molecule has 1 aliphatic carbocycles. The molecule has 0 amide bonds. The molecule has 4 nitrogen and oxygen atoms in total. The van der Waals surface area contributed by atoms with E-state index in [0.717, 1.165) is 6.42 Å². The lowest BCUT2D eigenvalue weighted by atomic mass is 9.80. The second-order valence-corrected chi connectivity index (χ2v) is 4.63. The number of carbonyl (C=O) groups is 3. The highest BCUT2D eigenvalue weighted by atomic mass is 16.5. The second-order valence-electron chi connectivity index (χ2n) is 4.63. The van der Waals surface area contributed by atoms with Crippen molar-refractivity contribution in [3.8, 4) is 0 Å². The molecule has 0 aromatic carbocycles. The van der Waals surface area contributed by atoms with Gasteiger partial charge in [0.05, 0.1) is 6.61 Å². The molecule has 1 fully saturated rings. The van der Waals surface area contributed by atoms with Crippen molar-refractivity contribution < 1.29 is 19.1 Å². The van der Waals surface area contributed by atoms with Crippen LogP contribution in [0.3, 0.4) is 0 Å². The van der Waals surface area contributed by atoms with Gasteiger partial charge < -0.3 is 9.53 Å². The molecule has 0 heterocycles. The minimum Gasteiger partial charge on any atom is -0.465 e. The fraction of sp³-hybridized carbons (Fsp3) is 0.769. The average Bonchev–Trinajstić information content (AvgIpc) is 2.61. The molecule has 0 bridgehead atoms. The summed E-state index contributed by atoms with van der Waals surface area (Å²) in [5, 5.41) is 0. The van der Waals surface area contributed by atoms with Gasteiger partial charge in [0.2, 0.25) is 0 Å². The quantitative estimate of drug-likeness (QED) is 0.526. The van der Waals surface area contributed by atoms with E-state index in [1.165, 1.54) is 6.92 Å². The van der Waals surface area contributed by atoms with Gasteiger partial charge in [0.1, 0.15) is 17.0 Å². The molecule has 96 valence electrons. The first-order valence-electron chi connectivity index (χ1n) is 6.23. The van der Waals surface area contributed by atoms with Crippen LogP contribution in [0, 0.1) is 5.41 Å². The van der Waals surface area contributed by atoms with Crippen molar-refractivity contribution >= 4 is 17.5 Å². The smallest absolute Gasteiger partial charge is 0.319 e. The number of ether oxygens (including phenoxy) is 1. The van der Waals surface area contributed by atoms with Crippen molar-refractivity contribution in [1.29, 1.82) is 0 Å². The van der Waals surface area contributed by atoms with Gasteiger partial charge in [0.15, 0.2) is 0 Å². The molecule has 0 saturated heterocycles. The third-order valence-corrected chi connectivity index (χ3v) is 3.34. The van der Waals surface area contributed by atoms with Crippen LogP contribution in [0.2, 0.25) is 0 Å². The maximum atomic E-state index is 11.9. The van der Waals surface area contributed by atoms with E-state index in [2.05, 4.69) is 0 Å². The number of carbonyl (C=O) groups excluding carboxylic acids is 3. The molecule has 17 heavy (non-hydrogen) atoms. The number of esters is 1. The Morgan fingerprint density at radius 3 is 2.59 bits per heavy atom. The molecular formula is C13H20O4. The molecule has 1 atom stereocenters. The van der Waals surface area contributed by atoms with E-state index in [1.54, 1.807) is 6.92 Å². The highest BCUT2D eigenvalue weighted by molar-refractivity contribution is 6.05. The first kappa shape index (κ1) is 13.9. The summed E-state index contributed by atoms with van der Waals surface area (Å²) in [6, 6.07) is 0. The molecule has 0 spiro atoms. The van der Waals surface area contributed by atoms with Crippen LogP contribution >= 0.6 is 0 Å². The zero-order chi connectivity index (χ0) is 12.9. The molecule has 1 unspecified atom stereocenters. The zero-order valence-electron chi connectivity index (χ0n) is 10.6. The van der Waals surface area contributed by atoms with Crippen LogP contribution in [0.4, 0.5) is 0 Å². The molecule has 0 aromatic heterocycles. The molecule has 0 aromatic rings. The lowest BCUT2D eigenvalue weighted by Gasteiger charge is -2.24. The monoisotopic (exact) mass is 240 g/mol. The van der Waals surface area contributed by atoms with E-state index in [-0.39, 0.29) is 11.6 Å². The molecule has 1 rings (SSSR count). The van der Waals surface area contributed by atoms with Crippen molar-refractivity contribution in [2.75, 3.05) is 6.61 Å². The summed E-state index contributed by atoms with van der Waals surface area (Å²) in [5.74, 6) is -0.319. The van der Waals surface area contributed by atoms with Gasteiger partial charge in [-0.3, -0.25) is 9.59 Å². The van der Waals surface area contributed by atoms with Gasteiger partial charge in [-0.25, -0.2) is 0 Å². The van der Waals surface area contributed by atoms with Gasteiger partial charge >= 0.3 is 5.97 Å². The van der Waals surface area contributed by atoms with Gasteiger partial charge in [-0.05, 0) is 39.5 Å². The van der Waals surface area contributed by atoms with E-state index < -0.39 is 11.4 Å². The fourth-order valence-corrected chi connectivity index (χ4v) is 2.42. The highest BCUT2D eigenvalue weighted by Gasteiger charge is 2.49. The van der Waals surface area contributed by atoms with E-state index in [1.807, 2.05) is 0 Å². The Balaban J connectivity index is 2.69. The Morgan fingerprint density at radius 2 is 2.12 bits per heavy atom. The van der Waals surface area contributed by atoms with Crippen LogP contribution in [0.15, 0.2) is 0 Å². The number of hydrogen-bond donors (Lipinski definition) is 0. The van der Waals surface area contributed by atoms with Gasteiger partial charge in [0.25, 0.3) is 0 Å². The van der Waals surface area contributed by atoms with Crippen molar-refractivity contribution in [1.82, 2.24) is 0 Å². The van der Waals surface area contributed by atoms with E-state index >= 15 is 0 Å². The Bertz CT molecular complexity index is 321. The Hall–Kier alpha value is -1.19. The maximum absolute atomic E-state index is 11.9. The van der Waals surface area contributed by atoms with E-state index in [9.17, 15) is 14.4 Å². The van der Waals surface area contributed by atoms with Crippen LogP contribution in [-0.2, 0) is 19.1 Å². The third kappa shape index (κ3) is 3.14. The molecular weight excluding hydrogens is 220 g/mol. The molecule has 1 aliphatic rings. The molecule has 0 N–H and O–H groups in total. The summed E-state index contributed by atoms with van der Waals surface area (Å²) in [6.07, 6.45) is 3.23. The summed E-state index contributed by atoms with van der Waals surface area (Å²) in [5.41, 5.74) is -0.953. The normalized spacial score (nSPS) is 23.8. The summed E-state index contributed by atoms with van der Waals surface area (Å²) in [6.45, 7) is 3.55. The largest absolute Gasteiger partial charge is 0.465 e. The molecule has 4 heteroatoms. The standard InChI is InChI=1S/C13H20O4/c1-3-17-12(16)13(8-4-6-10(2)14)9-5-7-11(13)15/h3-9H2,1-2H3. The average molecular weight is 240 g/mol. The van der Waals surface area contributed by atoms with Crippen LogP contribution in [0.25, 0.3) is 0 Å². The van der Waals surface area contributed by atoms with Crippen molar-refractivity contribution in [2.24, 2.45) is 5.41 Å². The van der Waals surface area contributed by atoms with E-state index in [0.29, 0.717) is 38.7 Å². The maximum Gasteiger partial charge on any atom is 0.319 e. The van der Waals surface area contributed by atoms with Gasteiger partial charge in [-0.1, -0.05) is 0 Å². The van der Waals surface area contributed by atoms with E-state index in [4.69, 9.17) is 4.74 Å². The molecule has 0 aliphatic heterocycles. The number of Topliss-reactive ketones (excluding diaryl/α,β-unsaturated/α-hetero) is 2. The Kier molecular flexibility index (Phi) is 4.85. The lowest BCUT2D eigenvalue weighted by Crippen LogP contribution is -2.37. The summed E-state index contributed by atoms with van der Waals surface area (Å²) in [4.78, 5) is 34.7. The molecule has 1 saturated carbocycles. The SMILES string of the molecule is CCOC(=O)C1(CCCC(C)=O)CCCC1=O. The highest BCUT2D eigenvalue weighted by Crippen LogP contribution is 2.40. The molecule has 0 radical (unpaired) electrons. The van der Waals surface area contributed by atoms with Crippen LogP contribution in [-0.4, -0.2) is 24.1 Å². The predicted octanol–water partition coefficient (Wildman–Crippen LogP) is 2.05. The lowest BCUT2D eigenvalue weighted by molar-refractivity contribution is -0.159. The topological polar surface area (TPSA) is 60.4 Å². The summed E-state index contributed by atoms with van der Waals surface area (Å²) in [7, 11) is 0. The number of hydrogen-bond acceptors (Lipinski definition) is 4. The Labute approximate surface area is 102 Å². The van der Waals surface area contributed by atoms with Crippen molar-refractivity contribution in [2.45, 2.75) is 52.4 Å². The minimum absolute atomic E-state index is 0.0143. The minimum atomic E-state index is -0.953. The van der Waals surface area contributed by atoms with Crippen LogP contribution in [0.1, 0.15) is 52.4 Å². The summed E-state index contributed by atoms with van der Waals surface area (Å²) < 4.78 is 5.01. The first-order valence-corrected chi connectivity index (χ1v) is 6.23. The first-order chi connectivity index (χ1) is 8.03. The van der Waals surface area contributed by atoms with Crippen molar-refractivity contribution in [3.05, 3.63) is 0 Å². The third-order valence-electron chi connectivity index (χ3n) is 3.34. The summed E-state index contributed by atoms with van der Waals surface area (Å²) >= 11 is 0. The van der Waals surface area contributed by atoms with Crippen LogP contribution < -0.4 is 0 Å².